The van der Waals surface area contributed by atoms with Crippen molar-refractivity contribution in [3.63, 3.8) is 0 Å². The number of nitrogens with zero attached hydrogens (tertiary/aromatic N) is 2. The van der Waals surface area contributed by atoms with E-state index in [0.717, 1.165) is 17.7 Å². The van der Waals surface area contributed by atoms with Gasteiger partial charge in [-0.2, -0.15) is 0 Å². The predicted octanol–water partition coefficient (Wildman–Crippen LogP) is 1.59. The number of benzene rings is 1. The molecule has 4 nitrogen and oxygen atoms in total. The van der Waals surface area contributed by atoms with Crippen molar-refractivity contribution in [2.24, 2.45) is 7.05 Å². The Labute approximate surface area is 87.7 Å². The van der Waals surface area contributed by atoms with Gasteiger partial charge in [0.25, 0.3) is 0 Å². The normalized spacial score (nSPS) is 10.9. The van der Waals surface area contributed by atoms with Crippen LogP contribution < -0.4 is 10.7 Å². The van der Waals surface area contributed by atoms with Crippen LogP contribution in [0.5, 0.6) is 0 Å². The average Bonchev–Trinajstić information content (AvgIpc) is 2.54. The minimum absolute atomic E-state index is 0.318. The zero-order valence-corrected chi connectivity index (χ0v) is 9.15. The summed E-state index contributed by atoms with van der Waals surface area (Å²) in [5.41, 5.74) is 2.55. The molecule has 0 radical (unpaired) electrons. The highest BCUT2D eigenvalue weighted by molar-refractivity contribution is 5.77. The molecule has 0 fully saturated rings. The summed E-state index contributed by atoms with van der Waals surface area (Å²) in [6, 6.07) is 5.75. The molecule has 0 saturated heterocycles. The smallest absolute Gasteiger partial charge is 0.408 e. The highest BCUT2D eigenvalue weighted by Crippen LogP contribution is 2.19. The van der Waals surface area contributed by atoms with Gasteiger partial charge in [0.15, 0.2) is 5.58 Å². The maximum atomic E-state index is 11.3. The third kappa shape index (κ3) is 1.52. The second-order valence-corrected chi connectivity index (χ2v) is 3.59. The Morgan fingerprint density at radius 3 is 2.87 bits per heavy atom. The van der Waals surface area contributed by atoms with Gasteiger partial charge in [-0.25, -0.2) is 4.79 Å². The van der Waals surface area contributed by atoms with Gasteiger partial charge in [-0.15, -0.1) is 0 Å². The topological polar surface area (TPSA) is 38.4 Å². The van der Waals surface area contributed by atoms with Gasteiger partial charge in [0.05, 0.1) is 5.52 Å². The molecule has 0 aliphatic carbocycles. The molecule has 0 aliphatic rings. The van der Waals surface area contributed by atoms with Crippen molar-refractivity contribution in [3.05, 3.63) is 28.7 Å². The number of anilines is 1. The van der Waals surface area contributed by atoms with Crippen LogP contribution in [-0.2, 0) is 7.05 Å². The van der Waals surface area contributed by atoms with Crippen molar-refractivity contribution in [3.8, 4) is 0 Å². The van der Waals surface area contributed by atoms with Crippen molar-refractivity contribution in [2.75, 3.05) is 18.5 Å². The van der Waals surface area contributed by atoms with E-state index in [1.807, 2.05) is 25.2 Å². The average molecular weight is 206 g/mol. The van der Waals surface area contributed by atoms with Crippen molar-refractivity contribution in [1.29, 1.82) is 0 Å². The fraction of sp³-hybridized carbons (Fsp3) is 0.364. The highest BCUT2D eigenvalue weighted by Gasteiger charge is 2.07. The Hall–Kier alpha value is -1.71. The molecular weight excluding hydrogens is 192 g/mol. The van der Waals surface area contributed by atoms with Crippen LogP contribution in [0.4, 0.5) is 5.69 Å². The molecule has 0 aliphatic heterocycles. The molecule has 0 bridgehead atoms. The van der Waals surface area contributed by atoms with Crippen molar-refractivity contribution in [2.45, 2.75) is 6.92 Å². The van der Waals surface area contributed by atoms with E-state index in [-0.39, 0.29) is 5.76 Å². The van der Waals surface area contributed by atoms with E-state index in [0.29, 0.717) is 5.58 Å². The largest absolute Gasteiger partial charge is 0.419 e. The molecule has 0 atom stereocenters. The Balaban J connectivity index is 2.64. The summed E-state index contributed by atoms with van der Waals surface area (Å²) in [6.45, 7) is 3.01. The number of oxazole rings is 1. The zero-order chi connectivity index (χ0) is 11.0. The lowest BCUT2D eigenvalue weighted by Gasteiger charge is -2.16. The van der Waals surface area contributed by atoms with E-state index in [4.69, 9.17) is 4.42 Å². The lowest BCUT2D eigenvalue weighted by Crippen LogP contribution is -2.15. The number of aryl methyl sites for hydroxylation is 1. The van der Waals surface area contributed by atoms with Gasteiger partial charge in [0.1, 0.15) is 0 Å². The number of hydrogen-bond donors (Lipinski definition) is 0. The molecule has 1 aromatic heterocycles. The maximum Gasteiger partial charge on any atom is 0.419 e. The summed E-state index contributed by atoms with van der Waals surface area (Å²) < 4.78 is 6.57. The van der Waals surface area contributed by atoms with E-state index in [1.54, 1.807) is 7.05 Å². The summed E-state index contributed by atoms with van der Waals surface area (Å²) >= 11 is 0. The van der Waals surface area contributed by atoms with Crippen LogP contribution in [0, 0.1) is 0 Å². The van der Waals surface area contributed by atoms with E-state index < -0.39 is 0 Å². The van der Waals surface area contributed by atoms with Crippen LogP contribution in [0.2, 0.25) is 0 Å². The van der Waals surface area contributed by atoms with Gasteiger partial charge in [-0.3, -0.25) is 4.57 Å². The van der Waals surface area contributed by atoms with Gasteiger partial charge < -0.3 is 9.32 Å². The molecule has 15 heavy (non-hydrogen) atoms. The minimum Gasteiger partial charge on any atom is -0.408 e. The number of hydrogen-bond acceptors (Lipinski definition) is 3. The third-order valence-corrected chi connectivity index (χ3v) is 2.69. The second kappa shape index (κ2) is 3.46. The first-order valence-corrected chi connectivity index (χ1v) is 4.94. The SMILES string of the molecule is CCN(C)c1ccc2oc(=O)n(C)c2c1. The van der Waals surface area contributed by atoms with Crippen molar-refractivity contribution in [1.82, 2.24) is 4.57 Å². The van der Waals surface area contributed by atoms with E-state index in [1.165, 1.54) is 4.57 Å². The maximum absolute atomic E-state index is 11.3. The van der Waals surface area contributed by atoms with Crippen LogP contribution in [0.1, 0.15) is 6.92 Å². The van der Waals surface area contributed by atoms with Crippen LogP contribution in [0.3, 0.4) is 0 Å². The monoisotopic (exact) mass is 206 g/mol. The zero-order valence-electron chi connectivity index (χ0n) is 9.15. The molecule has 0 N–H and O–H groups in total. The van der Waals surface area contributed by atoms with E-state index in [9.17, 15) is 4.79 Å². The summed E-state index contributed by atoms with van der Waals surface area (Å²) in [4.78, 5) is 13.4. The van der Waals surface area contributed by atoms with Gasteiger partial charge in [0.2, 0.25) is 0 Å². The van der Waals surface area contributed by atoms with Crippen LogP contribution in [0.15, 0.2) is 27.4 Å². The molecule has 0 spiro atoms. The minimum atomic E-state index is -0.318. The summed E-state index contributed by atoms with van der Waals surface area (Å²) in [7, 11) is 3.73. The van der Waals surface area contributed by atoms with Gasteiger partial charge in [-0.1, -0.05) is 0 Å². The first-order chi connectivity index (χ1) is 7.13. The van der Waals surface area contributed by atoms with Crippen LogP contribution in [-0.4, -0.2) is 18.2 Å². The Morgan fingerprint density at radius 1 is 1.47 bits per heavy atom. The van der Waals surface area contributed by atoms with Gasteiger partial charge in [0, 0.05) is 26.3 Å². The quantitative estimate of drug-likeness (QED) is 0.749. The first kappa shape index (κ1) is 9.83. The van der Waals surface area contributed by atoms with Crippen LogP contribution >= 0.6 is 0 Å². The first-order valence-electron chi connectivity index (χ1n) is 4.94. The van der Waals surface area contributed by atoms with Gasteiger partial charge in [-0.05, 0) is 25.1 Å². The molecule has 0 unspecified atom stereocenters. The molecule has 2 rings (SSSR count). The van der Waals surface area contributed by atoms with E-state index >= 15 is 0 Å². The molecule has 1 heterocycles. The van der Waals surface area contributed by atoms with E-state index in [2.05, 4.69) is 11.8 Å². The lowest BCUT2D eigenvalue weighted by atomic mass is 10.2. The van der Waals surface area contributed by atoms with Crippen molar-refractivity contribution < 1.29 is 4.42 Å². The number of rotatable bonds is 2. The fourth-order valence-electron chi connectivity index (χ4n) is 1.54. The number of fused-ring (bicyclic) bond motifs is 1. The molecule has 2 aromatic rings. The standard InChI is InChI=1S/C11H14N2O2/c1-4-12(2)8-5-6-10-9(7-8)13(3)11(14)15-10/h5-7H,4H2,1-3H3. The lowest BCUT2D eigenvalue weighted by molar-refractivity contribution is 0.528. The summed E-state index contributed by atoms with van der Waals surface area (Å²) in [6.07, 6.45) is 0. The van der Waals surface area contributed by atoms with Crippen molar-refractivity contribution >= 4 is 16.8 Å². The number of aromatic nitrogens is 1. The highest BCUT2D eigenvalue weighted by atomic mass is 16.4. The fourth-order valence-corrected chi connectivity index (χ4v) is 1.54. The van der Waals surface area contributed by atoms with Crippen LogP contribution in [0.25, 0.3) is 11.1 Å². The Bertz CT molecular complexity index is 539. The molecular formula is C11H14N2O2. The molecule has 0 amide bonds. The molecule has 0 saturated carbocycles. The predicted molar refractivity (Wildman–Crippen MR) is 60.4 cm³/mol. The van der Waals surface area contributed by atoms with Gasteiger partial charge >= 0.3 is 5.76 Å². The Kier molecular flexibility index (Phi) is 2.26. The Morgan fingerprint density at radius 2 is 2.20 bits per heavy atom. The molecule has 4 heteroatoms. The second-order valence-electron chi connectivity index (χ2n) is 3.59. The molecule has 80 valence electrons. The summed E-state index contributed by atoms with van der Waals surface area (Å²) in [5.74, 6) is -0.318. The third-order valence-electron chi connectivity index (χ3n) is 2.69. The molecule has 1 aromatic carbocycles. The summed E-state index contributed by atoms with van der Waals surface area (Å²) in [5, 5.41) is 0.